The van der Waals surface area contributed by atoms with Crippen molar-refractivity contribution >= 4 is 0 Å². The highest BCUT2D eigenvalue weighted by molar-refractivity contribution is 5.49. The summed E-state index contributed by atoms with van der Waals surface area (Å²) in [4.78, 5) is 14.6. The summed E-state index contributed by atoms with van der Waals surface area (Å²) < 4.78 is 0. The number of hydrogen-bond acceptors (Lipinski definition) is 3. The Morgan fingerprint density at radius 1 is 0.867 bits per heavy atom. The van der Waals surface area contributed by atoms with E-state index in [1.165, 1.54) is 27.8 Å². The van der Waals surface area contributed by atoms with Gasteiger partial charge in [-0.1, -0.05) is 0 Å². The Bertz CT molecular complexity index is 368. The third kappa shape index (κ3) is 2.01. The lowest BCUT2D eigenvalue weighted by molar-refractivity contribution is 0.125. The summed E-state index contributed by atoms with van der Waals surface area (Å²) in [6.45, 7) is 10.7. The van der Waals surface area contributed by atoms with Gasteiger partial charge in [-0.3, -0.25) is 0 Å². The van der Waals surface area contributed by atoms with Crippen LogP contribution >= 0.6 is 0 Å². The number of hydrogen-bond donors (Lipinski definition) is 0. The molecule has 0 radical (unpaired) electrons. The molecule has 1 aromatic carbocycles. The highest BCUT2D eigenvalue weighted by Gasteiger charge is 2.12. The molecule has 15 heavy (non-hydrogen) atoms. The number of benzene rings is 1. The lowest BCUT2D eigenvalue weighted by atomic mass is 9.90. The van der Waals surface area contributed by atoms with E-state index in [0.29, 0.717) is 0 Å². The van der Waals surface area contributed by atoms with E-state index in [2.05, 4.69) is 44.8 Å². The van der Waals surface area contributed by atoms with Crippen molar-refractivity contribution in [1.82, 2.24) is 0 Å². The summed E-state index contributed by atoms with van der Waals surface area (Å²) in [6, 6.07) is 0. The lowest BCUT2D eigenvalue weighted by Crippen LogP contribution is -2.03. The lowest BCUT2D eigenvalue weighted by Gasteiger charge is -2.17. The normalized spacial score (nSPS) is 10.2. The van der Waals surface area contributed by atoms with Crippen LogP contribution in [0.15, 0.2) is 5.34 Å². The maximum absolute atomic E-state index is 9.97. The molecular formula is C12H17NO2. The molecule has 0 fully saturated rings. The largest absolute Gasteiger partial charge is 0.359 e. The predicted octanol–water partition coefficient (Wildman–Crippen LogP) is 3.43. The molecule has 0 atom stereocenters. The highest BCUT2D eigenvalue weighted by atomic mass is 16.7. The molecule has 0 saturated heterocycles. The van der Waals surface area contributed by atoms with Gasteiger partial charge >= 0.3 is 0 Å². The summed E-state index contributed by atoms with van der Waals surface area (Å²) in [5.41, 5.74) is 7.31. The molecule has 0 amide bonds. The van der Waals surface area contributed by atoms with Crippen molar-refractivity contribution in [3.8, 4) is 0 Å². The van der Waals surface area contributed by atoms with Gasteiger partial charge in [-0.2, -0.15) is 0 Å². The van der Waals surface area contributed by atoms with Crippen molar-refractivity contribution in [1.29, 1.82) is 0 Å². The van der Waals surface area contributed by atoms with E-state index >= 15 is 0 Å². The van der Waals surface area contributed by atoms with Crippen LogP contribution in [0.3, 0.4) is 0 Å². The van der Waals surface area contributed by atoms with E-state index in [1.54, 1.807) is 0 Å². The monoisotopic (exact) mass is 207 g/mol. The smallest absolute Gasteiger partial charge is 0.155 e. The van der Waals surface area contributed by atoms with Crippen LogP contribution < -0.4 is 0 Å². The first kappa shape index (κ1) is 11.7. The molecule has 0 saturated carbocycles. The molecule has 82 valence electrons. The third-order valence-electron chi connectivity index (χ3n) is 3.42. The second-order valence-corrected chi connectivity index (χ2v) is 3.95. The second-order valence-electron chi connectivity index (χ2n) is 3.95. The van der Waals surface area contributed by atoms with Crippen molar-refractivity contribution in [3.05, 3.63) is 38.3 Å². The fraction of sp³-hybridized carbons (Fsp3) is 0.500. The minimum Gasteiger partial charge on any atom is -0.359 e. The van der Waals surface area contributed by atoms with Gasteiger partial charge in [0, 0.05) is 0 Å². The molecule has 3 heteroatoms. The Hall–Kier alpha value is -1.38. The van der Waals surface area contributed by atoms with Gasteiger partial charge in [-0.25, -0.2) is 0 Å². The van der Waals surface area contributed by atoms with Crippen LogP contribution in [0.2, 0.25) is 0 Å². The zero-order valence-electron chi connectivity index (χ0n) is 9.97. The fourth-order valence-corrected chi connectivity index (χ4v) is 1.89. The maximum Gasteiger partial charge on any atom is 0.155 e. The molecule has 0 aliphatic rings. The minimum absolute atomic E-state index is 0.267. The molecular weight excluding hydrogens is 190 g/mol. The first-order valence-corrected chi connectivity index (χ1v) is 5.01. The Kier molecular flexibility index (Phi) is 3.45. The molecule has 0 aliphatic heterocycles. The average Bonchev–Trinajstić information content (AvgIpc) is 2.24. The molecule has 0 N–H and O–H groups in total. The Morgan fingerprint density at radius 3 is 1.67 bits per heavy atom. The Balaban J connectivity index is 3.31. The molecule has 0 spiro atoms. The molecule has 1 aromatic rings. The van der Waals surface area contributed by atoms with Crippen molar-refractivity contribution in [2.75, 3.05) is 0 Å². The van der Waals surface area contributed by atoms with E-state index in [4.69, 9.17) is 0 Å². The van der Waals surface area contributed by atoms with Gasteiger partial charge in [0.2, 0.25) is 0 Å². The fourth-order valence-electron chi connectivity index (χ4n) is 1.89. The quantitative estimate of drug-likeness (QED) is 0.562. The molecule has 0 aliphatic carbocycles. The Labute approximate surface area is 90.4 Å². The molecule has 1 rings (SSSR count). The molecule has 0 bridgehead atoms. The zero-order valence-corrected chi connectivity index (χ0v) is 9.97. The first-order valence-electron chi connectivity index (χ1n) is 5.01. The van der Waals surface area contributed by atoms with Gasteiger partial charge in [0.15, 0.2) is 5.34 Å². The van der Waals surface area contributed by atoms with Crippen LogP contribution in [0.4, 0.5) is 0 Å². The van der Waals surface area contributed by atoms with Crippen molar-refractivity contribution in [2.24, 2.45) is 5.34 Å². The third-order valence-corrected chi connectivity index (χ3v) is 3.42. The second kappa shape index (κ2) is 4.43. The van der Waals surface area contributed by atoms with Crippen molar-refractivity contribution in [2.45, 2.75) is 41.2 Å². The summed E-state index contributed by atoms with van der Waals surface area (Å²) in [5.74, 6) is 0. The van der Waals surface area contributed by atoms with Gasteiger partial charge in [0.1, 0.15) is 6.61 Å². The summed E-state index contributed by atoms with van der Waals surface area (Å²) >= 11 is 0. The van der Waals surface area contributed by atoms with Crippen molar-refractivity contribution < 1.29 is 4.84 Å². The van der Waals surface area contributed by atoms with Gasteiger partial charge in [-0.05, 0) is 68.0 Å². The van der Waals surface area contributed by atoms with Crippen LogP contribution in [0.1, 0.15) is 33.4 Å². The molecule has 0 heterocycles. The maximum atomic E-state index is 9.97. The highest BCUT2D eigenvalue weighted by Crippen LogP contribution is 2.26. The molecule has 0 aromatic heterocycles. The Morgan fingerprint density at radius 2 is 1.27 bits per heavy atom. The van der Waals surface area contributed by atoms with E-state index in [1.807, 2.05) is 0 Å². The predicted molar refractivity (Wildman–Crippen MR) is 60.7 cm³/mol. The average molecular weight is 207 g/mol. The van der Waals surface area contributed by atoms with Crippen LogP contribution in [0, 0.1) is 39.5 Å². The van der Waals surface area contributed by atoms with Crippen molar-refractivity contribution in [3.63, 3.8) is 0 Å². The number of nitrogens with zero attached hydrogens (tertiary/aromatic N) is 1. The standard InChI is InChI=1S/C12H17NO2/c1-7-8(2)10(4)12(6-15-13-14)11(5)9(7)3/h6H2,1-5H3. The minimum atomic E-state index is 0.267. The topological polar surface area (TPSA) is 38.7 Å². The van der Waals surface area contributed by atoms with Crippen LogP contribution in [-0.4, -0.2) is 0 Å². The van der Waals surface area contributed by atoms with E-state index in [0.717, 1.165) is 5.56 Å². The van der Waals surface area contributed by atoms with Gasteiger partial charge in [-0.15, -0.1) is 4.91 Å². The molecule has 3 nitrogen and oxygen atoms in total. The van der Waals surface area contributed by atoms with Crippen LogP contribution in [0.5, 0.6) is 0 Å². The number of rotatable bonds is 3. The van der Waals surface area contributed by atoms with Gasteiger partial charge < -0.3 is 4.84 Å². The first-order chi connectivity index (χ1) is 7.00. The SMILES string of the molecule is Cc1c(C)c(C)c(CON=O)c(C)c1C. The van der Waals surface area contributed by atoms with Gasteiger partial charge in [0.25, 0.3) is 0 Å². The van der Waals surface area contributed by atoms with E-state index < -0.39 is 0 Å². The van der Waals surface area contributed by atoms with Crippen LogP contribution in [-0.2, 0) is 11.4 Å². The summed E-state index contributed by atoms with van der Waals surface area (Å²) in [7, 11) is 0. The summed E-state index contributed by atoms with van der Waals surface area (Å²) in [5, 5.41) is 2.44. The van der Waals surface area contributed by atoms with Crippen LogP contribution in [0.25, 0.3) is 0 Å². The van der Waals surface area contributed by atoms with Gasteiger partial charge in [0.05, 0.1) is 0 Å². The van der Waals surface area contributed by atoms with E-state index in [9.17, 15) is 4.91 Å². The summed E-state index contributed by atoms with van der Waals surface area (Å²) in [6.07, 6.45) is 0. The zero-order chi connectivity index (χ0) is 11.6. The molecule has 0 unspecified atom stereocenters. The van der Waals surface area contributed by atoms with E-state index in [-0.39, 0.29) is 6.61 Å².